The van der Waals surface area contributed by atoms with Crippen molar-refractivity contribution in [2.24, 2.45) is 5.41 Å². The highest BCUT2D eigenvalue weighted by molar-refractivity contribution is 6.33. The molecule has 1 saturated carbocycles. The van der Waals surface area contributed by atoms with Crippen LogP contribution >= 0.6 is 11.6 Å². The molecular weight excluding hydrogens is 308 g/mol. The average Bonchev–Trinajstić information content (AvgIpc) is 3.23. The third kappa shape index (κ3) is 2.38. The van der Waals surface area contributed by atoms with Gasteiger partial charge in [-0.2, -0.15) is 9.61 Å². The number of hydrogen-bond donors (Lipinski definition) is 0. The van der Waals surface area contributed by atoms with E-state index in [0.717, 1.165) is 17.0 Å². The monoisotopic (exact) mass is 328 g/mol. The molecule has 1 fully saturated rings. The lowest BCUT2D eigenvalue weighted by Crippen LogP contribution is -2.09. The van der Waals surface area contributed by atoms with Crippen LogP contribution in [0.1, 0.15) is 51.0 Å². The summed E-state index contributed by atoms with van der Waals surface area (Å²) >= 11 is 6.32. The maximum Gasteiger partial charge on any atom is 0.225 e. The van der Waals surface area contributed by atoms with Crippen molar-refractivity contribution in [3.63, 3.8) is 0 Å². The topological polar surface area (TPSA) is 30.4 Å². The quantitative estimate of drug-likeness (QED) is 0.596. The predicted molar refractivity (Wildman–Crippen MR) is 92.9 cm³/mol. The predicted octanol–water partition coefficient (Wildman–Crippen LogP) is 5.93. The first-order chi connectivity index (χ1) is 11.1. The Bertz CT molecular complexity index is 850. The van der Waals surface area contributed by atoms with Gasteiger partial charge in [-0.25, -0.2) is 0 Å². The smallest absolute Gasteiger partial charge is 0.225 e. The van der Waals surface area contributed by atoms with E-state index in [1.807, 2.05) is 35.0 Å². The van der Waals surface area contributed by atoms with Gasteiger partial charge in [-0.3, -0.25) is 0 Å². The summed E-state index contributed by atoms with van der Waals surface area (Å²) in [6, 6.07) is 7.80. The first kappa shape index (κ1) is 14.8. The molecule has 0 saturated heterocycles. The van der Waals surface area contributed by atoms with Crippen LogP contribution in [0.15, 0.2) is 41.1 Å². The van der Waals surface area contributed by atoms with Crippen molar-refractivity contribution < 1.29 is 4.42 Å². The molecule has 2 atom stereocenters. The first-order valence-electron chi connectivity index (χ1n) is 8.31. The average molecular weight is 329 g/mol. The molecule has 4 rings (SSSR count). The number of oxazole rings is 1. The maximum absolute atomic E-state index is 6.32. The number of aromatic nitrogens is 2. The highest BCUT2D eigenvalue weighted by atomic mass is 35.5. The normalized spacial score (nSPS) is 24.6. The Hall–Kier alpha value is -1.74. The van der Waals surface area contributed by atoms with E-state index >= 15 is 0 Å². The van der Waals surface area contributed by atoms with Gasteiger partial charge in [0, 0.05) is 11.1 Å². The fourth-order valence-corrected chi connectivity index (χ4v) is 4.07. The molecule has 0 spiro atoms. The second-order valence-corrected chi connectivity index (χ2v) is 7.43. The van der Waals surface area contributed by atoms with Crippen LogP contribution in [0, 0.1) is 5.41 Å². The molecule has 0 radical (unpaired) electrons. The van der Waals surface area contributed by atoms with Gasteiger partial charge in [-0.1, -0.05) is 50.1 Å². The molecular formula is C19H21ClN2O. The Morgan fingerprint density at radius 3 is 2.96 bits per heavy atom. The van der Waals surface area contributed by atoms with E-state index in [0.29, 0.717) is 16.4 Å². The molecule has 2 heterocycles. The summed E-state index contributed by atoms with van der Waals surface area (Å²) in [5.41, 5.74) is 4.42. The number of halogens is 1. The summed E-state index contributed by atoms with van der Waals surface area (Å²) in [5, 5.41) is 5.29. The van der Waals surface area contributed by atoms with Gasteiger partial charge in [-0.15, -0.1) is 0 Å². The van der Waals surface area contributed by atoms with E-state index in [-0.39, 0.29) is 0 Å². The van der Waals surface area contributed by atoms with Crippen LogP contribution in [-0.2, 0) is 0 Å². The van der Waals surface area contributed by atoms with E-state index in [4.69, 9.17) is 16.0 Å². The molecule has 3 nitrogen and oxygen atoms in total. The Labute approximate surface area is 141 Å². The third-order valence-corrected chi connectivity index (χ3v) is 5.87. The van der Waals surface area contributed by atoms with Crippen LogP contribution in [0.5, 0.6) is 0 Å². The van der Waals surface area contributed by atoms with Crippen LogP contribution in [0.25, 0.3) is 17.0 Å². The first-order valence-corrected chi connectivity index (χ1v) is 8.69. The van der Waals surface area contributed by atoms with Crippen molar-refractivity contribution in [2.75, 3.05) is 0 Å². The summed E-state index contributed by atoms with van der Waals surface area (Å²) in [6.45, 7) is 4.68. The maximum atomic E-state index is 6.32. The molecule has 120 valence electrons. The summed E-state index contributed by atoms with van der Waals surface area (Å²) in [4.78, 5) is 0. The van der Waals surface area contributed by atoms with E-state index in [1.54, 1.807) is 6.26 Å². The molecule has 3 aromatic rings. The SMILES string of the molecule is CCC1(C)CCC(c2cnn3c(-c4ccccc4Cl)coc23)C1. The molecule has 1 aromatic carbocycles. The molecule has 2 aromatic heterocycles. The van der Waals surface area contributed by atoms with Crippen LogP contribution < -0.4 is 0 Å². The molecule has 2 unspecified atom stereocenters. The Morgan fingerprint density at radius 1 is 1.39 bits per heavy atom. The van der Waals surface area contributed by atoms with Crippen molar-refractivity contribution >= 4 is 17.3 Å². The lowest BCUT2D eigenvalue weighted by Gasteiger charge is -2.21. The lowest BCUT2D eigenvalue weighted by atomic mass is 9.84. The van der Waals surface area contributed by atoms with Gasteiger partial charge in [0.05, 0.1) is 11.2 Å². The summed E-state index contributed by atoms with van der Waals surface area (Å²) in [6.07, 6.45) is 8.69. The molecule has 23 heavy (non-hydrogen) atoms. The van der Waals surface area contributed by atoms with Gasteiger partial charge in [0.2, 0.25) is 5.71 Å². The minimum atomic E-state index is 0.455. The number of rotatable bonds is 3. The van der Waals surface area contributed by atoms with E-state index in [1.165, 1.54) is 31.2 Å². The zero-order valence-corrected chi connectivity index (χ0v) is 14.3. The van der Waals surface area contributed by atoms with E-state index < -0.39 is 0 Å². The van der Waals surface area contributed by atoms with Crippen molar-refractivity contribution in [3.05, 3.63) is 47.3 Å². The molecule has 1 aliphatic rings. The number of nitrogens with zero attached hydrogens (tertiary/aromatic N) is 2. The van der Waals surface area contributed by atoms with Gasteiger partial charge < -0.3 is 4.42 Å². The van der Waals surface area contributed by atoms with Crippen LogP contribution in [0.2, 0.25) is 5.02 Å². The van der Waals surface area contributed by atoms with Crippen LogP contribution in [0.3, 0.4) is 0 Å². The van der Waals surface area contributed by atoms with Gasteiger partial charge in [0.25, 0.3) is 0 Å². The van der Waals surface area contributed by atoms with Crippen molar-refractivity contribution in [1.29, 1.82) is 0 Å². The Kier molecular flexibility index (Phi) is 3.49. The zero-order valence-electron chi connectivity index (χ0n) is 13.6. The second kappa shape index (κ2) is 5.41. The second-order valence-electron chi connectivity index (χ2n) is 7.02. The number of benzene rings is 1. The van der Waals surface area contributed by atoms with E-state index in [2.05, 4.69) is 18.9 Å². The Morgan fingerprint density at radius 2 is 2.22 bits per heavy atom. The summed E-state index contributed by atoms with van der Waals surface area (Å²) in [5.74, 6) is 0.544. The summed E-state index contributed by atoms with van der Waals surface area (Å²) < 4.78 is 7.77. The fourth-order valence-electron chi connectivity index (χ4n) is 3.84. The van der Waals surface area contributed by atoms with Gasteiger partial charge in [0.1, 0.15) is 12.0 Å². The fraction of sp³-hybridized carbons (Fsp3) is 0.421. The summed E-state index contributed by atoms with van der Waals surface area (Å²) in [7, 11) is 0. The number of hydrogen-bond acceptors (Lipinski definition) is 2. The molecule has 0 bridgehead atoms. The minimum Gasteiger partial charge on any atom is -0.444 e. The minimum absolute atomic E-state index is 0.455. The highest BCUT2D eigenvalue weighted by Crippen LogP contribution is 2.49. The molecule has 0 N–H and O–H groups in total. The van der Waals surface area contributed by atoms with Crippen LogP contribution in [0.4, 0.5) is 0 Å². The lowest BCUT2D eigenvalue weighted by molar-refractivity contribution is 0.319. The van der Waals surface area contributed by atoms with E-state index in [9.17, 15) is 0 Å². The highest BCUT2D eigenvalue weighted by Gasteiger charge is 2.36. The van der Waals surface area contributed by atoms with Crippen molar-refractivity contribution in [3.8, 4) is 11.3 Å². The third-order valence-electron chi connectivity index (χ3n) is 5.54. The molecule has 0 aliphatic heterocycles. The Balaban J connectivity index is 1.74. The zero-order chi connectivity index (χ0) is 16.0. The van der Waals surface area contributed by atoms with Crippen LogP contribution in [-0.4, -0.2) is 9.61 Å². The van der Waals surface area contributed by atoms with Gasteiger partial charge >= 0.3 is 0 Å². The molecule has 1 aliphatic carbocycles. The molecule has 0 amide bonds. The van der Waals surface area contributed by atoms with Gasteiger partial charge in [-0.05, 0) is 36.7 Å². The van der Waals surface area contributed by atoms with Crippen molar-refractivity contribution in [2.45, 2.75) is 45.4 Å². The van der Waals surface area contributed by atoms with Crippen molar-refractivity contribution in [1.82, 2.24) is 9.61 Å². The standard InChI is InChI=1S/C19H21ClN2O/c1-3-19(2)9-8-13(10-19)15-11-21-22-17(12-23-18(15)22)14-6-4-5-7-16(14)20/h4-7,11-13H,3,8-10H2,1-2H3. The van der Waals surface area contributed by atoms with Gasteiger partial charge in [0.15, 0.2) is 0 Å². The number of fused-ring (bicyclic) bond motifs is 1. The largest absolute Gasteiger partial charge is 0.444 e. The molecule has 4 heteroatoms.